The van der Waals surface area contributed by atoms with Crippen LogP contribution < -0.4 is 15.8 Å². The van der Waals surface area contributed by atoms with E-state index in [0.29, 0.717) is 5.92 Å². The Labute approximate surface area is 117 Å². The maximum Gasteiger partial charge on any atom is 0.122 e. The molecule has 0 saturated carbocycles. The summed E-state index contributed by atoms with van der Waals surface area (Å²) in [5, 5.41) is 3.55. The minimum Gasteiger partial charge on any atom is -0.496 e. The first-order chi connectivity index (χ1) is 9.01. The normalized spacial score (nSPS) is 13.3. The fraction of sp³-hybridized carbons (Fsp3) is 0.625. The minimum atomic E-state index is 0.0506. The van der Waals surface area contributed by atoms with Crippen LogP contribution in [-0.4, -0.2) is 26.7 Å². The molecule has 0 heterocycles. The van der Waals surface area contributed by atoms with Gasteiger partial charge in [-0.15, -0.1) is 0 Å². The SMILES string of the molecule is COc1ccccc1C(C)(C)CNCC(C)CCN. The summed E-state index contributed by atoms with van der Waals surface area (Å²) < 4.78 is 5.45. The third kappa shape index (κ3) is 4.84. The monoisotopic (exact) mass is 264 g/mol. The molecule has 1 unspecified atom stereocenters. The van der Waals surface area contributed by atoms with Crippen LogP contribution in [-0.2, 0) is 5.41 Å². The Morgan fingerprint density at radius 2 is 2.00 bits per heavy atom. The van der Waals surface area contributed by atoms with E-state index in [4.69, 9.17) is 10.5 Å². The first-order valence-electron chi connectivity index (χ1n) is 7.05. The van der Waals surface area contributed by atoms with Gasteiger partial charge >= 0.3 is 0 Å². The quantitative estimate of drug-likeness (QED) is 0.758. The number of ether oxygens (including phenoxy) is 1. The van der Waals surface area contributed by atoms with Gasteiger partial charge in [-0.05, 0) is 31.5 Å². The average molecular weight is 264 g/mol. The lowest BCUT2D eigenvalue weighted by Crippen LogP contribution is -2.35. The molecule has 3 nitrogen and oxygen atoms in total. The molecule has 3 heteroatoms. The molecule has 1 atom stereocenters. The van der Waals surface area contributed by atoms with Crippen LogP contribution in [0.3, 0.4) is 0 Å². The number of hydrogen-bond acceptors (Lipinski definition) is 3. The van der Waals surface area contributed by atoms with Crippen LogP contribution in [0, 0.1) is 5.92 Å². The van der Waals surface area contributed by atoms with Gasteiger partial charge in [0.15, 0.2) is 0 Å². The molecule has 0 aliphatic heterocycles. The van der Waals surface area contributed by atoms with Crippen molar-refractivity contribution in [1.82, 2.24) is 5.32 Å². The summed E-state index contributed by atoms with van der Waals surface area (Å²) in [5.74, 6) is 1.59. The summed E-state index contributed by atoms with van der Waals surface area (Å²) in [6.07, 6.45) is 1.07. The van der Waals surface area contributed by atoms with Crippen LogP contribution >= 0.6 is 0 Å². The molecule has 1 aromatic rings. The van der Waals surface area contributed by atoms with E-state index in [-0.39, 0.29) is 5.41 Å². The maximum atomic E-state index is 5.57. The molecule has 3 N–H and O–H groups in total. The third-order valence-electron chi connectivity index (χ3n) is 3.56. The molecular weight excluding hydrogens is 236 g/mol. The molecule has 108 valence electrons. The molecule has 0 radical (unpaired) electrons. The molecular formula is C16H28N2O. The second-order valence-electron chi connectivity index (χ2n) is 5.90. The van der Waals surface area contributed by atoms with Crippen LogP contribution in [0.5, 0.6) is 5.75 Å². The van der Waals surface area contributed by atoms with E-state index in [1.807, 2.05) is 12.1 Å². The largest absolute Gasteiger partial charge is 0.496 e. The summed E-state index contributed by atoms with van der Waals surface area (Å²) in [6.45, 7) is 9.42. The molecule has 19 heavy (non-hydrogen) atoms. The molecule has 0 saturated heterocycles. The van der Waals surface area contributed by atoms with Gasteiger partial charge in [-0.25, -0.2) is 0 Å². The van der Waals surface area contributed by atoms with E-state index in [1.165, 1.54) is 5.56 Å². The highest BCUT2D eigenvalue weighted by molar-refractivity contribution is 5.39. The summed E-state index contributed by atoms with van der Waals surface area (Å²) in [5.41, 5.74) is 6.87. The number of methoxy groups -OCH3 is 1. The maximum absolute atomic E-state index is 5.57. The Morgan fingerprint density at radius 1 is 1.32 bits per heavy atom. The standard InChI is InChI=1S/C16H28N2O/c1-13(9-10-17)11-18-12-16(2,3)14-7-5-6-8-15(14)19-4/h5-8,13,18H,9-12,17H2,1-4H3. The van der Waals surface area contributed by atoms with Gasteiger partial charge in [-0.1, -0.05) is 39.0 Å². The van der Waals surface area contributed by atoms with E-state index < -0.39 is 0 Å². The lowest BCUT2D eigenvalue weighted by Gasteiger charge is -2.28. The second kappa shape index (κ2) is 7.51. The van der Waals surface area contributed by atoms with Crippen molar-refractivity contribution >= 4 is 0 Å². The number of hydrogen-bond donors (Lipinski definition) is 2. The Balaban J connectivity index is 2.60. The van der Waals surface area contributed by atoms with E-state index in [1.54, 1.807) is 7.11 Å². The third-order valence-corrected chi connectivity index (χ3v) is 3.56. The van der Waals surface area contributed by atoms with Gasteiger partial charge in [0.05, 0.1) is 7.11 Å². The highest BCUT2D eigenvalue weighted by Gasteiger charge is 2.23. The molecule has 0 fully saturated rings. The molecule has 1 rings (SSSR count). The number of benzene rings is 1. The predicted octanol–water partition coefficient (Wildman–Crippen LogP) is 2.55. The Kier molecular flexibility index (Phi) is 6.32. The van der Waals surface area contributed by atoms with E-state index in [9.17, 15) is 0 Å². The van der Waals surface area contributed by atoms with Crippen molar-refractivity contribution in [2.75, 3.05) is 26.7 Å². The van der Waals surface area contributed by atoms with Crippen molar-refractivity contribution in [3.8, 4) is 5.75 Å². The first kappa shape index (κ1) is 16.0. The molecule has 0 aliphatic rings. The predicted molar refractivity (Wildman–Crippen MR) is 81.7 cm³/mol. The van der Waals surface area contributed by atoms with Crippen molar-refractivity contribution in [2.24, 2.45) is 11.7 Å². The second-order valence-corrected chi connectivity index (χ2v) is 5.90. The van der Waals surface area contributed by atoms with Gasteiger partial charge < -0.3 is 15.8 Å². The number of nitrogens with one attached hydrogen (secondary N) is 1. The highest BCUT2D eigenvalue weighted by Crippen LogP contribution is 2.30. The minimum absolute atomic E-state index is 0.0506. The van der Waals surface area contributed by atoms with Gasteiger partial charge in [-0.3, -0.25) is 0 Å². The molecule has 0 spiro atoms. The molecule has 0 bridgehead atoms. The van der Waals surface area contributed by atoms with Crippen molar-refractivity contribution < 1.29 is 4.74 Å². The fourth-order valence-electron chi connectivity index (χ4n) is 2.32. The molecule has 1 aromatic carbocycles. The van der Waals surface area contributed by atoms with Gasteiger partial charge in [0.25, 0.3) is 0 Å². The van der Waals surface area contributed by atoms with Crippen molar-refractivity contribution in [3.05, 3.63) is 29.8 Å². The average Bonchev–Trinajstić information content (AvgIpc) is 2.38. The fourth-order valence-corrected chi connectivity index (χ4v) is 2.32. The Morgan fingerprint density at radius 3 is 2.63 bits per heavy atom. The smallest absolute Gasteiger partial charge is 0.122 e. The zero-order valence-electron chi connectivity index (χ0n) is 12.7. The topological polar surface area (TPSA) is 47.3 Å². The number of rotatable bonds is 8. The lowest BCUT2D eigenvalue weighted by molar-refractivity contribution is 0.378. The summed E-state index contributed by atoms with van der Waals surface area (Å²) in [7, 11) is 1.73. The molecule has 0 aromatic heterocycles. The summed E-state index contributed by atoms with van der Waals surface area (Å²) in [4.78, 5) is 0. The van der Waals surface area contributed by atoms with Gasteiger partial charge in [0.2, 0.25) is 0 Å². The van der Waals surface area contributed by atoms with Gasteiger partial charge in [0, 0.05) is 17.5 Å². The molecule has 0 amide bonds. The van der Waals surface area contributed by atoms with Crippen LogP contribution in [0.25, 0.3) is 0 Å². The number of para-hydroxylation sites is 1. The van der Waals surface area contributed by atoms with Gasteiger partial charge in [-0.2, -0.15) is 0 Å². The van der Waals surface area contributed by atoms with Crippen molar-refractivity contribution in [3.63, 3.8) is 0 Å². The van der Waals surface area contributed by atoms with Crippen LogP contribution in [0.15, 0.2) is 24.3 Å². The van der Waals surface area contributed by atoms with E-state index in [0.717, 1.165) is 31.8 Å². The Bertz CT molecular complexity index is 377. The highest BCUT2D eigenvalue weighted by atomic mass is 16.5. The first-order valence-corrected chi connectivity index (χ1v) is 7.05. The molecule has 0 aliphatic carbocycles. The van der Waals surface area contributed by atoms with Crippen LogP contribution in [0.2, 0.25) is 0 Å². The zero-order chi connectivity index (χ0) is 14.3. The Hall–Kier alpha value is -1.06. The zero-order valence-corrected chi connectivity index (χ0v) is 12.7. The van der Waals surface area contributed by atoms with Crippen molar-refractivity contribution in [2.45, 2.75) is 32.6 Å². The van der Waals surface area contributed by atoms with Gasteiger partial charge in [0.1, 0.15) is 5.75 Å². The number of nitrogens with two attached hydrogens (primary N) is 1. The summed E-state index contributed by atoms with van der Waals surface area (Å²) >= 11 is 0. The van der Waals surface area contributed by atoms with Crippen molar-refractivity contribution in [1.29, 1.82) is 0 Å². The summed E-state index contributed by atoms with van der Waals surface area (Å²) in [6, 6.07) is 8.24. The lowest BCUT2D eigenvalue weighted by atomic mass is 9.84. The van der Waals surface area contributed by atoms with E-state index >= 15 is 0 Å². The van der Waals surface area contributed by atoms with Crippen LogP contribution in [0.1, 0.15) is 32.8 Å². The van der Waals surface area contributed by atoms with Crippen LogP contribution in [0.4, 0.5) is 0 Å². The van der Waals surface area contributed by atoms with E-state index in [2.05, 4.69) is 38.2 Å².